The number of fused-ring (bicyclic) bond motifs is 1. The number of nitrogens with zero attached hydrogens (tertiary/aromatic N) is 3. The number of benzene rings is 2. The minimum atomic E-state index is -0.0485. The second-order valence-corrected chi connectivity index (χ2v) is 9.05. The molecule has 2 aromatic heterocycles. The number of para-hydroxylation sites is 1. The molecule has 1 amide bonds. The highest BCUT2D eigenvalue weighted by molar-refractivity contribution is 7.22. The van der Waals surface area contributed by atoms with Crippen LogP contribution in [-0.4, -0.2) is 40.6 Å². The number of aryl methyl sites for hydroxylation is 1. The largest absolute Gasteiger partial charge is 0.383 e. The molecule has 2 heterocycles. The molecule has 0 aliphatic heterocycles. The highest BCUT2D eigenvalue weighted by Crippen LogP contribution is 2.27. The van der Waals surface area contributed by atoms with E-state index in [9.17, 15) is 4.79 Å². The first-order valence-electron chi connectivity index (χ1n) is 10.1. The third-order valence-corrected chi connectivity index (χ3v) is 6.51. The maximum absolute atomic E-state index is 13.4. The molecule has 5 nitrogen and oxygen atoms in total. The zero-order chi connectivity index (χ0) is 22.0. The van der Waals surface area contributed by atoms with Gasteiger partial charge < -0.3 is 14.2 Å². The topological polar surface area (TPSA) is 47.4 Å². The maximum Gasteiger partial charge on any atom is 0.254 e. The zero-order valence-electron chi connectivity index (χ0n) is 17.8. The van der Waals surface area contributed by atoms with Gasteiger partial charge in [-0.2, -0.15) is 0 Å². The molecular formula is C24H24ClN3O2S. The van der Waals surface area contributed by atoms with E-state index in [0.29, 0.717) is 29.7 Å². The first-order valence-corrected chi connectivity index (χ1v) is 11.2. The van der Waals surface area contributed by atoms with Crippen molar-refractivity contribution in [2.45, 2.75) is 20.4 Å². The molecule has 4 aromatic rings. The molecule has 7 heteroatoms. The van der Waals surface area contributed by atoms with Crippen LogP contribution in [0.5, 0.6) is 0 Å². The number of rotatable bonds is 7. The molecule has 0 unspecified atom stereocenters. The second-order valence-electron chi connectivity index (χ2n) is 7.44. The molecule has 0 N–H and O–H groups in total. The summed E-state index contributed by atoms with van der Waals surface area (Å²) in [6.45, 7) is 5.65. The molecule has 31 heavy (non-hydrogen) atoms. The Labute approximate surface area is 190 Å². The van der Waals surface area contributed by atoms with Gasteiger partial charge in [-0.15, -0.1) is 11.3 Å². The van der Waals surface area contributed by atoms with E-state index in [0.717, 1.165) is 32.9 Å². The van der Waals surface area contributed by atoms with Crippen LogP contribution in [0.4, 0.5) is 0 Å². The van der Waals surface area contributed by atoms with Crippen molar-refractivity contribution in [3.63, 3.8) is 0 Å². The summed E-state index contributed by atoms with van der Waals surface area (Å²) in [5.41, 5.74) is 5.84. The monoisotopic (exact) mass is 453 g/mol. The smallest absolute Gasteiger partial charge is 0.254 e. The van der Waals surface area contributed by atoms with Gasteiger partial charge in [0.05, 0.1) is 16.8 Å². The van der Waals surface area contributed by atoms with Crippen molar-refractivity contribution in [2.75, 3.05) is 20.3 Å². The number of carbonyl (C=O) groups is 1. The predicted molar refractivity (Wildman–Crippen MR) is 126 cm³/mol. The van der Waals surface area contributed by atoms with Gasteiger partial charge in [0, 0.05) is 42.8 Å². The van der Waals surface area contributed by atoms with Gasteiger partial charge in [0.2, 0.25) is 0 Å². The summed E-state index contributed by atoms with van der Waals surface area (Å²) < 4.78 is 8.94. The Hall–Kier alpha value is -2.67. The van der Waals surface area contributed by atoms with Crippen LogP contribution in [0.25, 0.3) is 15.9 Å². The lowest BCUT2D eigenvalue weighted by Gasteiger charge is -2.23. The van der Waals surface area contributed by atoms with E-state index in [1.165, 1.54) is 11.3 Å². The first-order chi connectivity index (χ1) is 15.0. The number of ether oxygens (including phenoxy) is 1. The van der Waals surface area contributed by atoms with Gasteiger partial charge in [-0.05, 0) is 55.8 Å². The Morgan fingerprint density at radius 2 is 1.94 bits per heavy atom. The Morgan fingerprint density at radius 3 is 2.68 bits per heavy atom. The second kappa shape index (κ2) is 9.22. The van der Waals surface area contributed by atoms with Crippen molar-refractivity contribution >= 4 is 39.1 Å². The number of carbonyl (C=O) groups excluding carboxylic acids is 1. The lowest BCUT2D eigenvalue weighted by molar-refractivity contribution is 0.0680. The highest BCUT2D eigenvalue weighted by Gasteiger charge is 2.20. The predicted octanol–water partition coefficient (Wildman–Crippen LogP) is 5.65. The molecule has 0 radical (unpaired) electrons. The number of thiazole rings is 1. The van der Waals surface area contributed by atoms with Crippen LogP contribution < -0.4 is 0 Å². The summed E-state index contributed by atoms with van der Waals surface area (Å²) in [5.74, 6) is -0.0485. The van der Waals surface area contributed by atoms with Crippen LogP contribution in [0, 0.1) is 13.8 Å². The normalized spacial score (nSPS) is 11.2. The van der Waals surface area contributed by atoms with E-state index >= 15 is 0 Å². The zero-order valence-corrected chi connectivity index (χ0v) is 19.3. The summed E-state index contributed by atoms with van der Waals surface area (Å²) in [4.78, 5) is 19.5. The Morgan fingerprint density at radius 1 is 1.16 bits per heavy atom. The van der Waals surface area contributed by atoms with Gasteiger partial charge in [0.1, 0.15) is 0 Å². The van der Waals surface area contributed by atoms with E-state index in [1.54, 1.807) is 7.11 Å². The van der Waals surface area contributed by atoms with Crippen LogP contribution in [0.2, 0.25) is 4.47 Å². The van der Waals surface area contributed by atoms with Crippen molar-refractivity contribution in [2.24, 2.45) is 0 Å². The molecule has 0 aliphatic rings. The van der Waals surface area contributed by atoms with E-state index in [1.807, 2.05) is 41.3 Å². The van der Waals surface area contributed by atoms with Gasteiger partial charge in [-0.25, -0.2) is 4.98 Å². The fraction of sp³-hybridized carbons (Fsp3) is 0.250. The van der Waals surface area contributed by atoms with Gasteiger partial charge in [0.25, 0.3) is 5.91 Å². The number of hydrogen-bond acceptors (Lipinski definition) is 4. The number of methoxy groups -OCH3 is 1. The van der Waals surface area contributed by atoms with Crippen molar-refractivity contribution in [3.05, 3.63) is 81.6 Å². The highest BCUT2D eigenvalue weighted by atomic mass is 35.5. The number of halogens is 1. The summed E-state index contributed by atoms with van der Waals surface area (Å²) in [6, 6.07) is 18.0. The molecule has 0 atom stereocenters. The SMILES string of the molecule is COCCN(Cc1cc(C)n(-c2ccccc2)c1C)C(=O)c1ccc2sc(Cl)nc2c1. The summed E-state index contributed by atoms with van der Waals surface area (Å²) in [6.07, 6.45) is 0. The van der Waals surface area contributed by atoms with Gasteiger partial charge >= 0.3 is 0 Å². The maximum atomic E-state index is 13.4. The van der Waals surface area contributed by atoms with Crippen molar-refractivity contribution < 1.29 is 9.53 Å². The van der Waals surface area contributed by atoms with E-state index in [-0.39, 0.29) is 5.91 Å². The van der Waals surface area contributed by atoms with Gasteiger partial charge in [-0.1, -0.05) is 29.8 Å². The van der Waals surface area contributed by atoms with E-state index in [4.69, 9.17) is 16.3 Å². The Bertz CT molecular complexity index is 1220. The third-order valence-electron chi connectivity index (χ3n) is 5.37. The van der Waals surface area contributed by atoms with E-state index in [2.05, 4.69) is 41.6 Å². The standard InChI is InChI=1S/C24H24ClN3O2S/c1-16-13-19(17(2)28(16)20-7-5-4-6-8-20)15-27(11-12-30-3)23(29)18-9-10-22-21(14-18)26-24(25)31-22/h4-10,13-14H,11-12,15H2,1-3H3. The first kappa shape index (κ1) is 21.6. The van der Waals surface area contributed by atoms with Crippen molar-refractivity contribution in [3.8, 4) is 5.69 Å². The molecule has 0 fully saturated rings. The van der Waals surface area contributed by atoms with Gasteiger partial charge in [-0.3, -0.25) is 4.79 Å². The van der Waals surface area contributed by atoms with E-state index < -0.39 is 0 Å². The molecule has 0 bridgehead atoms. The van der Waals surface area contributed by atoms with Crippen LogP contribution in [0.15, 0.2) is 54.6 Å². The van der Waals surface area contributed by atoms with Crippen LogP contribution >= 0.6 is 22.9 Å². The lowest BCUT2D eigenvalue weighted by Crippen LogP contribution is -2.33. The summed E-state index contributed by atoms with van der Waals surface area (Å²) in [7, 11) is 1.65. The molecule has 4 rings (SSSR count). The molecule has 2 aromatic carbocycles. The summed E-state index contributed by atoms with van der Waals surface area (Å²) >= 11 is 7.44. The fourth-order valence-corrected chi connectivity index (χ4v) is 4.85. The average Bonchev–Trinajstić information content (AvgIpc) is 3.28. The number of amides is 1. The number of aromatic nitrogens is 2. The lowest BCUT2D eigenvalue weighted by atomic mass is 10.1. The third kappa shape index (κ3) is 4.51. The average molecular weight is 454 g/mol. The van der Waals surface area contributed by atoms with Gasteiger partial charge in [0.15, 0.2) is 4.47 Å². The Kier molecular flexibility index (Phi) is 6.41. The van der Waals surface area contributed by atoms with Crippen molar-refractivity contribution in [1.29, 1.82) is 0 Å². The molecule has 0 saturated carbocycles. The fourth-order valence-electron chi connectivity index (χ4n) is 3.84. The van der Waals surface area contributed by atoms with Crippen LogP contribution in [0.1, 0.15) is 27.3 Å². The Balaban J connectivity index is 1.64. The minimum absolute atomic E-state index is 0.0485. The van der Waals surface area contributed by atoms with Crippen LogP contribution in [-0.2, 0) is 11.3 Å². The molecule has 160 valence electrons. The van der Waals surface area contributed by atoms with Crippen LogP contribution in [0.3, 0.4) is 0 Å². The minimum Gasteiger partial charge on any atom is -0.383 e. The molecular weight excluding hydrogens is 430 g/mol. The molecule has 0 aliphatic carbocycles. The summed E-state index contributed by atoms with van der Waals surface area (Å²) in [5, 5.41) is 0. The van der Waals surface area contributed by atoms with Crippen molar-refractivity contribution in [1.82, 2.24) is 14.5 Å². The molecule has 0 spiro atoms. The quantitative estimate of drug-likeness (QED) is 0.363. The molecule has 0 saturated heterocycles. The number of hydrogen-bond donors (Lipinski definition) is 0.